The van der Waals surface area contributed by atoms with Crippen molar-refractivity contribution in [2.24, 2.45) is 5.92 Å². The highest BCUT2D eigenvalue weighted by atomic mass is 35.5. The first-order valence-electron chi connectivity index (χ1n) is 5.00. The Kier molecular flexibility index (Phi) is 4.99. The average molecular weight is 213 g/mol. The molecule has 0 fully saturated rings. The van der Waals surface area contributed by atoms with Gasteiger partial charge in [0.15, 0.2) is 0 Å². The summed E-state index contributed by atoms with van der Waals surface area (Å²) >= 11 is 5.87. The molecule has 78 valence electrons. The maximum absolute atomic E-state index is 5.87. The Hall–Kier alpha value is -0.530. The van der Waals surface area contributed by atoms with E-state index in [1.54, 1.807) is 0 Å². The van der Waals surface area contributed by atoms with E-state index >= 15 is 0 Å². The van der Waals surface area contributed by atoms with Gasteiger partial charge in [0, 0.05) is 11.6 Å². The lowest BCUT2D eigenvalue weighted by Gasteiger charge is -2.06. The summed E-state index contributed by atoms with van der Waals surface area (Å²) in [6, 6.07) is 7.92. The quantitative estimate of drug-likeness (QED) is 0.679. The molecular formula is C12H17ClO. The molecule has 2 heteroatoms. The van der Waals surface area contributed by atoms with Crippen LogP contribution in [0.4, 0.5) is 0 Å². The highest BCUT2D eigenvalue weighted by molar-refractivity contribution is 6.30. The molecule has 0 unspecified atom stereocenters. The molecule has 0 aliphatic carbocycles. The largest absolute Gasteiger partial charge is 0.381 e. The van der Waals surface area contributed by atoms with Crippen LogP contribution >= 0.6 is 11.6 Å². The van der Waals surface area contributed by atoms with Crippen molar-refractivity contribution in [3.05, 3.63) is 34.9 Å². The number of halogens is 1. The van der Waals surface area contributed by atoms with Crippen LogP contribution in [0.5, 0.6) is 0 Å². The number of rotatable bonds is 5. The van der Waals surface area contributed by atoms with Crippen LogP contribution in [-0.2, 0) is 11.2 Å². The molecule has 1 rings (SSSR count). The van der Waals surface area contributed by atoms with E-state index in [0.717, 1.165) is 24.7 Å². The summed E-state index contributed by atoms with van der Waals surface area (Å²) in [6.07, 6.45) is 0.938. The molecule has 0 amide bonds. The van der Waals surface area contributed by atoms with Crippen molar-refractivity contribution in [1.29, 1.82) is 0 Å². The van der Waals surface area contributed by atoms with E-state index in [1.807, 2.05) is 18.2 Å². The maximum Gasteiger partial charge on any atom is 0.0506 e. The molecule has 0 aliphatic rings. The predicted molar refractivity (Wildman–Crippen MR) is 60.8 cm³/mol. The molecule has 0 heterocycles. The molecule has 1 nitrogen and oxygen atoms in total. The smallest absolute Gasteiger partial charge is 0.0506 e. The number of hydrogen-bond donors (Lipinski definition) is 0. The van der Waals surface area contributed by atoms with Crippen molar-refractivity contribution in [2.45, 2.75) is 20.3 Å². The minimum absolute atomic E-state index is 0.606. The zero-order valence-electron chi connectivity index (χ0n) is 8.79. The minimum Gasteiger partial charge on any atom is -0.381 e. The Morgan fingerprint density at radius 1 is 1.36 bits per heavy atom. The fraction of sp³-hybridized carbons (Fsp3) is 0.500. The van der Waals surface area contributed by atoms with Crippen molar-refractivity contribution in [2.75, 3.05) is 13.2 Å². The normalized spacial score (nSPS) is 10.9. The lowest BCUT2D eigenvalue weighted by atomic mass is 10.2. The Bertz CT molecular complexity index is 271. The third-order valence-corrected chi connectivity index (χ3v) is 2.11. The van der Waals surface area contributed by atoms with Crippen LogP contribution in [0.15, 0.2) is 24.3 Å². The van der Waals surface area contributed by atoms with E-state index in [0.29, 0.717) is 5.92 Å². The summed E-state index contributed by atoms with van der Waals surface area (Å²) in [5.41, 5.74) is 1.24. The number of hydrogen-bond acceptors (Lipinski definition) is 1. The van der Waals surface area contributed by atoms with Crippen LogP contribution in [0.3, 0.4) is 0 Å². The first-order chi connectivity index (χ1) is 6.68. The van der Waals surface area contributed by atoms with Gasteiger partial charge in [-0.3, -0.25) is 0 Å². The molecular weight excluding hydrogens is 196 g/mol. The van der Waals surface area contributed by atoms with E-state index in [1.165, 1.54) is 5.56 Å². The van der Waals surface area contributed by atoms with Gasteiger partial charge in [-0.2, -0.15) is 0 Å². The predicted octanol–water partition coefficient (Wildman–Crippen LogP) is 3.56. The molecule has 0 N–H and O–H groups in total. The Labute approximate surface area is 91.0 Å². The molecule has 0 atom stereocenters. The van der Waals surface area contributed by atoms with Gasteiger partial charge < -0.3 is 4.74 Å². The Morgan fingerprint density at radius 2 is 2.14 bits per heavy atom. The first kappa shape index (κ1) is 11.5. The third kappa shape index (κ3) is 4.64. The zero-order chi connectivity index (χ0) is 10.4. The topological polar surface area (TPSA) is 9.23 Å². The lowest BCUT2D eigenvalue weighted by molar-refractivity contribution is 0.112. The molecule has 0 spiro atoms. The zero-order valence-corrected chi connectivity index (χ0v) is 9.55. The molecule has 1 aromatic rings. The highest BCUT2D eigenvalue weighted by Gasteiger charge is 1.96. The van der Waals surface area contributed by atoms with E-state index in [9.17, 15) is 0 Å². The summed E-state index contributed by atoms with van der Waals surface area (Å²) in [7, 11) is 0. The summed E-state index contributed by atoms with van der Waals surface area (Å²) in [5.74, 6) is 0.606. The van der Waals surface area contributed by atoms with Crippen LogP contribution in [0.25, 0.3) is 0 Å². The van der Waals surface area contributed by atoms with Crippen LogP contribution in [-0.4, -0.2) is 13.2 Å². The van der Waals surface area contributed by atoms with E-state index in [4.69, 9.17) is 16.3 Å². The van der Waals surface area contributed by atoms with Crippen LogP contribution in [0.1, 0.15) is 19.4 Å². The second-order valence-corrected chi connectivity index (χ2v) is 4.29. The van der Waals surface area contributed by atoms with E-state index in [-0.39, 0.29) is 0 Å². The molecule has 0 aliphatic heterocycles. The molecule has 1 aromatic carbocycles. The fourth-order valence-corrected chi connectivity index (χ4v) is 1.41. The SMILES string of the molecule is CC(C)COCCc1cccc(Cl)c1. The van der Waals surface area contributed by atoms with Gasteiger partial charge in [-0.25, -0.2) is 0 Å². The van der Waals surface area contributed by atoms with Gasteiger partial charge in [0.25, 0.3) is 0 Å². The fourth-order valence-electron chi connectivity index (χ4n) is 1.20. The second-order valence-electron chi connectivity index (χ2n) is 3.85. The van der Waals surface area contributed by atoms with Crippen LogP contribution in [0.2, 0.25) is 5.02 Å². The molecule has 0 aromatic heterocycles. The van der Waals surface area contributed by atoms with Gasteiger partial charge in [0.2, 0.25) is 0 Å². The maximum atomic E-state index is 5.87. The second kappa shape index (κ2) is 6.05. The van der Waals surface area contributed by atoms with E-state index in [2.05, 4.69) is 19.9 Å². The first-order valence-corrected chi connectivity index (χ1v) is 5.38. The van der Waals surface area contributed by atoms with Gasteiger partial charge >= 0.3 is 0 Å². The van der Waals surface area contributed by atoms with Gasteiger partial charge in [-0.1, -0.05) is 37.6 Å². The highest BCUT2D eigenvalue weighted by Crippen LogP contribution is 2.11. The molecule has 14 heavy (non-hydrogen) atoms. The van der Waals surface area contributed by atoms with Gasteiger partial charge in [-0.05, 0) is 30.0 Å². The van der Waals surface area contributed by atoms with Crippen molar-refractivity contribution < 1.29 is 4.74 Å². The average Bonchev–Trinajstić information content (AvgIpc) is 2.12. The Morgan fingerprint density at radius 3 is 2.79 bits per heavy atom. The van der Waals surface area contributed by atoms with Gasteiger partial charge in [-0.15, -0.1) is 0 Å². The van der Waals surface area contributed by atoms with Gasteiger partial charge in [0.1, 0.15) is 0 Å². The van der Waals surface area contributed by atoms with Crippen molar-refractivity contribution in [1.82, 2.24) is 0 Å². The van der Waals surface area contributed by atoms with Crippen molar-refractivity contribution in [3.8, 4) is 0 Å². The van der Waals surface area contributed by atoms with Crippen molar-refractivity contribution >= 4 is 11.6 Å². The lowest BCUT2D eigenvalue weighted by Crippen LogP contribution is -2.05. The third-order valence-electron chi connectivity index (χ3n) is 1.88. The number of benzene rings is 1. The standard InChI is InChI=1S/C12H17ClO/c1-10(2)9-14-7-6-11-4-3-5-12(13)8-11/h3-5,8,10H,6-7,9H2,1-2H3. The summed E-state index contributed by atoms with van der Waals surface area (Å²) < 4.78 is 5.50. The monoisotopic (exact) mass is 212 g/mol. The van der Waals surface area contributed by atoms with Crippen molar-refractivity contribution in [3.63, 3.8) is 0 Å². The van der Waals surface area contributed by atoms with Crippen LogP contribution < -0.4 is 0 Å². The summed E-state index contributed by atoms with van der Waals surface area (Å²) in [4.78, 5) is 0. The van der Waals surface area contributed by atoms with Crippen LogP contribution in [0, 0.1) is 5.92 Å². The minimum atomic E-state index is 0.606. The number of ether oxygens (including phenoxy) is 1. The summed E-state index contributed by atoms with van der Waals surface area (Å²) in [5, 5.41) is 0.798. The molecule has 0 radical (unpaired) electrons. The molecule has 0 saturated carbocycles. The molecule has 0 bridgehead atoms. The summed E-state index contributed by atoms with van der Waals surface area (Å²) in [6.45, 7) is 5.91. The van der Waals surface area contributed by atoms with E-state index < -0.39 is 0 Å². The Balaban J connectivity index is 2.25. The van der Waals surface area contributed by atoms with Gasteiger partial charge in [0.05, 0.1) is 6.61 Å². The molecule has 0 saturated heterocycles.